The predicted molar refractivity (Wildman–Crippen MR) is 64.4 cm³/mol. The van der Waals surface area contributed by atoms with Crippen molar-refractivity contribution in [3.8, 4) is 0 Å². The third-order valence-corrected chi connectivity index (χ3v) is 3.17. The van der Waals surface area contributed by atoms with Crippen LogP contribution in [0.5, 0.6) is 0 Å². The summed E-state index contributed by atoms with van der Waals surface area (Å²) >= 11 is 0. The fraction of sp³-hybridized carbons (Fsp3) is 0.500. The van der Waals surface area contributed by atoms with Crippen LogP contribution in [0.25, 0.3) is 0 Å². The number of likely N-dealkylation sites (tertiary alicyclic amines) is 1. The topological polar surface area (TPSA) is 79.5 Å². The van der Waals surface area contributed by atoms with E-state index in [4.69, 9.17) is 5.73 Å². The minimum Gasteiger partial charge on any atom is -0.397 e. The second kappa shape index (κ2) is 4.33. The summed E-state index contributed by atoms with van der Waals surface area (Å²) in [4.78, 5) is 17.8. The molecule has 0 aliphatic carbocycles. The zero-order valence-electron chi connectivity index (χ0n) is 9.89. The fourth-order valence-corrected chi connectivity index (χ4v) is 1.94. The lowest BCUT2D eigenvalue weighted by Crippen LogP contribution is -2.45. The van der Waals surface area contributed by atoms with Crippen molar-refractivity contribution in [1.82, 2.24) is 9.88 Å². The van der Waals surface area contributed by atoms with Gasteiger partial charge in [0.05, 0.1) is 11.3 Å². The standard InChI is InChI=1S/C12H17N3O2/c1-12(17)4-7-15(8-5-12)11(16)10-9(13)3-2-6-14-10/h2-3,6,17H,4-5,7-8,13H2,1H3. The van der Waals surface area contributed by atoms with Crippen molar-refractivity contribution in [1.29, 1.82) is 0 Å². The number of hydrogen-bond acceptors (Lipinski definition) is 4. The van der Waals surface area contributed by atoms with Crippen LogP contribution in [0.4, 0.5) is 5.69 Å². The highest BCUT2D eigenvalue weighted by Crippen LogP contribution is 2.22. The molecule has 0 atom stereocenters. The first-order valence-electron chi connectivity index (χ1n) is 5.72. The van der Waals surface area contributed by atoms with Crippen molar-refractivity contribution in [2.45, 2.75) is 25.4 Å². The Bertz CT molecular complexity index is 422. The lowest BCUT2D eigenvalue weighted by molar-refractivity contribution is -0.00215. The van der Waals surface area contributed by atoms with E-state index in [9.17, 15) is 9.90 Å². The van der Waals surface area contributed by atoms with Crippen LogP contribution in [0.3, 0.4) is 0 Å². The van der Waals surface area contributed by atoms with E-state index < -0.39 is 5.60 Å². The molecule has 5 nitrogen and oxygen atoms in total. The largest absolute Gasteiger partial charge is 0.397 e. The van der Waals surface area contributed by atoms with E-state index in [-0.39, 0.29) is 5.91 Å². The van der Waals surface area contributed by atoms with Crippen LogP contribution in [-0.2, 0) is 0 Å². The Morgan fingerprint density at radius 3 is 2.76 bits per heavy atom. The van der Waals surface area contributed by atoms with Crippen LogP contribution in [0.2, 0.25) is 0 Å². The van der Waals surface area contributed by atoms with E-state index in [1.54, 1.807) is 30.2 Å². The zero-order valence-corrected chi connectivity index (χ0v) is 9.89. The van der Waals surface area contributed by atoms with Gasteiger partial charge in [-0.25, -0.2) is 4.98 Å². The fourth-order valence-electron chi connectivity index (χ4n) is 1.94. The highest BCUT2D eigenvalue weighted by Gasteiger charge is 2.30. The molecule has 0 bridgehead atoms. The van der Waals surface area contributed by atoms with Crippen molar-refractivity contribution < 1.29 is 9.90 Å². The second-order valence-electron chi connectivity index (χ2n) is 4.73. The molecule has 0 saturated carbocycles. The van der Waals surface area contributed by atoms with Crippen LogP contribution < -0.4 is 5.73 Å². The summed E-state index contributed by atoms with van der Waals surface area (Å²) in [6, 6.07) is 3.37. The Morgan fingerprint density at radius 1 is 1.53 bits per heavy atom. The van der Waals surface area contributed by atoms with Crippen LogP contribution >= 0.6 is 0 Å². The Hall–Kier alpha value is -1.62. The van der Waals surface area contributed by atoms with Gasteiger partial charge in [0.1, 0.15) is 0 Å². The Balaban J connectivity index is 2.10. The number of anilines is 1. The van der Waals surface area contributed by atoms with Crippen molar-refractivity contribution >= 4 is 11.6 Å². The number of carbonyl (C=O) groups excluding carboxylic acids is 1. The summed E-state index contributed by atoms with van der Waals surface area (Å²) in [5.41, 5.74) is 5.76. The third kappa shape index (κ3) is 2.55. The second-order valence-corrected chi connectivity index (χ2v) is 4.73. The summed E-state index contributed by atoms with van der Waals surface area (Å²) in [7, 11) is 0. The minimum absolute atomic E-state index is 0.154. The van der Waals surface area contributed by atoms with Gasteiger partial charge in [0.25, 0.3) is 5.91 Å². The summed E-state index contributed by atoms with van der Waals surface area (Å²) in [5, 5.41) is 9.82. The number of hydrogen-bond donors (Lipinski definition) is 2. The highest BCUT2D eigenvalue weighted by molar-refractivity contribution is 5.97. The van der Waals surface area contributed by atoms with Crippen LogP contribution in [0.15, 0.2) is 18.3 Å². The molecule has 1 aliphatic rings. The number of rotatable bonds is 1. The van der Waals surface area contributed by atoms with Crippen molar-refractivity contribution in [2.75, 3.05) is 18.8 Å². The molecule has 1 saturated heterocycles. The first kappa shape index (κ1) is 11.9. The number of aliphatic hydroxyl groups is 1. The quantitative estimate of drug-likeness (QED) is 0.749. The number of pyridine rings is 1. The Labute approximate surface area is 100 Å². The van der Waals surface area contributed by atoms with E-state index >= 15 is 0 Å². The maximum absolute atomic E-state index is 12.1. The SMILES string of the molecule is CC1(O)CCN(C(=O)c2ncccc2N)CC1. The minimum atomic E-state index is -0.660. The van der Waals surface area contributed by atoms with E-state index in [1.165, 1.54) is 0 Å². The highest BCUT2D eigenvalue weighted by atomic mass is 16.3. The van der Waals surface area contributed by atoms with Gasteiger partial charge in [-0.2, -0.15) is 0 Å². The molecule has 1 aliphatic heterocycles. The molecule has 2 rings (SSSR count). The Morgan fingerprint density at radius 2 is 2.18 bits per heavy atom. The summed E-state index contributed by atoms with van der Waals surface area (Å²) in [6.45, 7) is 2.88. The van der Waals surface area contributed by atoms with Gasteiger partial charge in [-0.15, -0.1) is 0 Å². The summed E-state index contributed by atoms with van der Waals surface area (Å²) in [5.74, 6) is -0.154. The monoisotopic (exact) mass is 235 g/mol. The van der Waals surface area contributed by atoms with Gasteiger partial charge in [-0.1, -0.05) is 0 Å². The average molecular weight is 235 g/mol. The van der Waals surface area contributed by atoms with Crippen molar-refractivity contribution in [3.05, 3.63) is 24.0 Å². The molecule has 17 heavy (non-hydrogen) atoms. The summed E-state index contributed by atoms with van der Waals surface area (Å²) in [6.07, 6.45) is 2.74. The molecular formula is C12H17N3O2. The number of nitrogen functional groups attached to an aromatic ring is 1. The molecule has 1 aromatic rings. The van der Waals surface area contributed by atoms with E-state index in [0.717, 1.165) is 0 Å². The van der Waals surface area contributed by atoms with Crippen molar-refractivity contribution in [3.63, 3.8) is 0 Å². The molecule has 5 heteroatoms. The van der Waals surface area contributed by atoms with Gasteiger partial charge < -0.3 is 15.7 Å². The first-order chi connectivity index (χ1) is 7.99. The lowest BCUT2D eigenvalue weighted by Gasteiger charge is -2.35. The molecular weight excluding hydrogens is 218 g/mol. The number of carbonyl (C=O) groups is 1. The molecule has 0 radical (unpaired) electrons. The molecule has 1 amide bonds. The van der Waals surface area contributed by atoms with Crippen LogP contribution in [0, 0.1) is 0 Å². The lowest BCUT2D eigenvalue weighted by atomic mass is 9.93. The Kier molecular flexibility index (Phi) is 3.02. The van der Waals surface area contributed by atoms with Gasteiger partial charge in [-0.05, 0) is 31.9 Å². The molecule has 92 valence electrons. The number of nitrogens with zero attached hydrogens (tertiary/aromatic N) is 2. The zero-order chi connectivity index (χ0) is 12.5. The van der Waals surface area contributed by atoms with Gasteiger partial charge in [0.15, 0.2) is 5.69 Å². The molecule has 1 aromatic heterocycles. The molecule has 3 N–H and O–H groups in total. The molecule has 0 aromatic carbocycles. The summed E-state index contributed by atoms with van der Waals surface area (Å²) < 4.78 is 0. The third-order valence-electron chi connectivity index (χ3n) is 3.17. The maximum atomic E-state index is 12.1. The first-order valence-corrected chi connectivity index (χ1v) is 5.72. The number of piperidine rings is 1. The molecule has 0 unspecified atom stereocenters. The van der Waals surface area contributed by atoms with Gasteiger partial charge in [0.2, 0.25) is 0 Å². The van der Waals surface area contributed by atoms with E-state index in [1.807, 2.05) is 0 Å². The van der Waals surface area contributed by atoms with Crippen LogP contribution in [-0.4, -0.2) is 39.6 Å². The normalized spacial score (nSPS) is 19.1. The molecule has 1 fully saturated rings. The van der Waals surface area contributed by atoms with E-state index in [0.29, 0.717) is 37.3 Å². The maximum Gasteiger partial charge on any atom is 0.274 e. The van der Waals surface area contributed by atoms with Crippen LogP contribution in [0.1, 0.15) is 30.3 Å². The average Bonchev–Trinajstić information content (AvgIpc) is 2.29. The van der Waals surface area contributed by atoms with Crippen molar-refractivity contribution in [2.24, 2.45) is 0 Å². The van der Waals surface area contributed by atoms with Gasteiger partial charge >= 0.3 is 0 Å². The smallest absolute Gasteiger partial charge is 0.274 e. The van der Waals surface area contributed by atoms with Gasteiger partial charge in [-0.3, -0.25) is 4.79 Å². The molecule has 0 spiro atoms. The van der Waals surface area contributed by atoms with E-state index in [2.05, 4.69) is 4.98 Å². The number of aromatic nitrogens is 1. The van der Waals surface area contributed by atoms with Gasteiger partial charge in [0, 0.05) is 19.3 Å². The number of nitrogens with two attached hydrogens (primary N) is 1. The number of amides is 1. The predicted octanol–water partition coefficient (Wildman–Crippen LogP) is 0.651. The molecule has 2 heterocycles.